The van der Waals surface area contributed by atoms with Crippen molar-refractivity contribution < 1.29 is 14.3 Å². The predicted octanol–water partition coefficient (Wildman–Crippen LogP) is 4.95. The standard InChI is InChI=1S/C25H26N2O3S/c1-29-21-13-16-11-12-27(15-17(16)14-22(21)30-2)25(28)19-8-4-3-7-18(19)24-26-20-9-5-6-10-23(20)31-24/h3-6,9-10,13-14,18-19H,7-8,11-12,15H2,1-2H3. The number of hydrogen-bond acceptors (Lipinski definition) is 5. The number of carbonyl (C=O) groups excluding carboxylic acids is 1. The Morgan fingerprint density at radius 2 is 1.81 bits per heavy atom. The van der Waals surface area contributed by atoms with E-state index in [0.717, 1.165) is 47.6 Å². The smallest absolute Gasteiger partial charge is 0.227 e. The van der Waals surface area contributed by atoms with Gasteiger partial charge in [-0.05, 0) is 54.7 Å². The highest BCUT2D eigenvalue weighted by molar-refractivity contribution is 7.18. The fourth-order valence-electron chi connectivity index (χ4n) is 4.71. The van der Waals surface area contributed by atoms with Crippen LogP contribution in [0.25, 0.3) is 10.2 Å². The highest BCUT2D eigenvalue weighted by Gasteiger charge is 2.36. The molecular formula is C25H26N2O3S. The lowest BCUT2D eigenvalue weighted by Gasteiger charge is -2.35. The van der Waals surface area contributed by atoms with Gasteiger partial charge in [-0.2, -0.15) is 0 Å². The lowest BCUT2D eigenvalue weighted by molar-refractivity contribution is -0.137. The zero-order valence-electron chi connectivity index (χ0n) is 17.8. The van der Waals surface area contributed by atoms with Crippen molar-refractivity contribution in [3.63, 3.8) is 0 Å². The first-order valence-corrected chi connectivity index (χ1v) is 11.5. The van der Waals surface area contributed by atoms with Crippen LogP contribution in [0, 0.1) is 5.92 Å². The van der Waals surface area contributed by atoms with Crippen LogP contribution in [0.5, 0.6) is 11.5 Å². The molecule has 31 heavy (non-hydrogen) atoms. The van der Waals surface area contributed by atoms with Crippen LogP contribution in [0.3, 0.4) is 0 Å². The first-order chi connectivity index (χ1) is 15.2. The minimum Gasteiger partial charge on any atom is -0.493 e. The summed E-state index contributed by atoms with van der Waals surface area (Å²) in [5.41, 5.74) is 3.39. The molecule has 1 aromatic heterocycles. The molecular weight excluding hydrogens is 408 g/mol. The van der Waals surface area contributed by atoms with Crippen molar-refractivity contribution in [3.05, 3.63) is 64.7 Å². The van der Waals surface area contributed by atoms with Crippen molar-refractivity contribution in [2.75, 3.05) is 20.8 Å². The van der Waals surface area contributed by atoms with Gasteiger partial charge in [0.05, 0.1) is 35.4 Å². The maximum atomic E-state index is 13.7. The Balaban J connectivity index is 1.40. The van der Waals surface area contributed by atoms with Crippen LogP contribution in [0.4, 0.5) is 0 Å². The van der Waals surface area contributed by atoms with Gasteiger partial charge in [0.25, 0.3) is 0 Å². The minimum atomic E-state index is -0.0627. The second-order valence-electron chi connectivity index (χ2n) is 8.16. The van der Waals surface area contributed by atoms with E-state index >= 15 is 0 Å². The van der Waals surface area contributed by atoms with Crippen molar-refractivity contribution >= 4 is 27.5 Å². The number of ether oxygens (including phenoxy) is 2. The third-order valence-corrected chi connectivity index (χ3v) is 7.58. The number of aromatic nitrogens is 1. The minimum absolute atomic E-state index is 0.0627. The zero-order valence-corrected chi connectivity index (χ0v) is 18.7. The van der Waals surface area contributed by atoms with Crippen LogP contribution in [0.1, 0.15) is 34.9 Å². The molecule has 2 atom stereocenters. The van der Waals surface area contributed by atoms with Gasteiger partial charge in [-0.1, -0.05) is 24.3 Å². The van der Waals surface area contributed by atoms with E-state index in [1.807, 2.05) is 35.2 Å². The summed E-state index contributed by atoms with van der Waals surface area (Å²) in [6, 6.07) is 12.3. The molecule has 0 spiro atoms. The molecule has 1 aliphatic carbocycles. The van der Waals surface area contributed by atoms with Gasteiger partial charge < -0.3 is 14.4 Å². The van der Waals surface area contributed by atoms with Crippen molar-refractivity contribution in [1.29, 1.82) is 0 Å². The van der Waals surface area contributed by atoms with Gasteiger partial charge in [-0.15, -0.1) is 11.3 Å². The number of benzene rings is 2. The van der Waals surface area contributed by atoms with E-state index in [-0.39, 0.29) is 17.7 Å². The second-order valence-corrected chi connectivity index (χ2v) is 9.22. The van der Waals surface area contributed by atoms with Crippen LogP contribution < -0.4 is 9.47 Å². The molecule has 160 valence electrons. The number of amides is 1. The third kappa shape index (κ3) is 3.69. The summed E-state index contributed by atoms with van der Waals surface area (Å²) < 4.78 is 12.1. The Bertz CT molecular complexity index is 1120. The summed E-state index contributed by atoms with van der Waals surface area (Å²) in [7, 11) is 3.30. The van der Waals surface area contributed by atoms with Gasteiger partial charge in [0, 0.05) is 19.0 Å². The number of rotatable bonds is 4. The second kappa shape index (κ2) is 8.35. The summed E-state index contributed by atoms with van der Waals surface area (Å²) in [6.45, 7) is 1.34. The van der Waals surface area contributed by atoms with Gasteiger partial charge in [0.1, 0.15) is 0 Å². The molecule has 0 bridgehead atoms. The number of methoxy groups -OCH3 is 2. The molecule has 1 aliphatic heterocycles. The van der Waals surface area contributed by atoms with E-state index < -0.39 is 0 Å². The number of fused-ring (bicyclic) bond motifs is 2. The third-order valence-electron chi connectivity index (χ3n) is 6.41. The molecule has 3 aromatic rings. The van der Waals surface area contributed by atoms with Crippen LogP contribution >= 0.6 is 11.3 Å². The summed E-state index contributed by atoms with van der Waals surface area (Å²) in [5, 5.41) is 1.08. The quantitative estimate of drug-likeness (QED) is 0.546. The SMILES string of the molecule is COc1cc2c(cc1OC)CN(C(=O)C1CC=CCC1c1nc3ccccc3s1)CC2. The van der Waals surface area contributed by atoms with Crippen LogP contribution in [0.2, 0.25) is 0 Å². The Labute approximate surface area is 186 Å². The lowest BCUT2D eigenvalue weighted by Crippen LogP contribution is -2.42. The van der Waals surface area contributed by atoms with Crippen LogP contribution in [-0.4, -0.2) is 36.6 Å². The highest BCUT2D eigenvalue weighted by Crippen LogP contribution is 2.40. The molecule has 2 aliphatic rings. The molecule has 0 fully saturated rings. The molecule has 5 rings (SSSR count). The lowest BCUT2D eigenvalue weighted by atomic mass is 9.82. The molecule has 6 heteroatoms. The molecule has 0 saturated carbocycles. The molecule has 2 aromatic carbocycles. The molecule has 0 N–H and O–H groups in total. The first kappa shape index (κ1) is 20.1. The van der Waals surface area contributed by atoms with Gasteiger partial charge >= 0.3 is 0 Å². The normalized spacial score (nSPS) is 20.5. The van der Waals surface area contributed by atoms with Crippen LogP contribution in [0.15, 0.2) is 48.6 Å². The van der Waals surface area contributed by atoms with Crippen molar-refractivity contribution in [2.45, 2.75) is 31.7 Å². The summed E-state index contributed by atoms with van der Waals surface area (Å²) >= 11 is 1.72. The maximum absolute atomic E-state index is 13.7. The topological polar surface area (TPSA) is 51.7 Å². The van der Waals surface area contributed by atoms with E-state index in [0.29, 0.717) is 12.3 Å². The molecule has 2 unspecified atom stereocenters. The van der Waals surface area contributed by atoms with E-state index in [4.69, 9.17) is 14.5 Å². The number of nitrogens with zero attached hydrogens (tertiary/aromatic N) is 2. The average molecular weight is 435 g/mol. The molecule has 5 nitrogen and oxygen atoms in total. The summed E-state index contributed by atoms with van der Waals surface area (Å²) in [5.74, 6) is 1.76. The Hall–Kier alpha value is -2.86. The van der Waals surface area contributed by atoms with Gasteiger partial charge in [-0.25, -0.2) is 4.98 Å². The number of carbonyl (C=O) groups is 1. The van der Waals surface area contributed by atoms with Gasteiger partial charge in [-0.3, -0.25) is 4.79 Å². The van der Waals surface area contributed by atoms with Crippen molar-refractivity contribution in [1.82, 2.24) is 9.88 Å². The molecule has 0 radical (unpaired) electrons. The van der Waals surface area contributed by atoms with E-state index in [1.54, 1.807) is 25.6 Å². The first-order valence-electron chi connectivity index (χ1n) is 10.7. The van der Waals surface area contributed by atoms with E-state index in [1.165, 1.54) is 10.3 Å². The number of para-hydroxylation sites is 1. The number of hydrogen-bond donors (Lipinski definition) is 0. The highest BCUT2D eigenvalue weighted by atomic mass is 32.1. The predicted molar refractivity (Wildman–Crippen MR) is 123 cm³/mol. The zero-order chi connectivity index (χ0) is 21.4. The fraction of sp³-hybridized carbons (Fsp3) is 0.360. The monoisotopic (exact) mass is 434 g/mol. The van der Waals surface area contributed by atoms with Gasteiger partial charge in [0.15, 0.2) is 11.5 Å². The Morgan fingerprint density at radius 1 is 1.06 bits per heavy atom. The maximum Gasteiger partial charge on any atom is 0.227 e. The van der Waals surface area contributed by atoms with E-state index in [2.05, 4.69) is 18.2 Å². The molecule has 0 saturated heterocycles. The summed E-state index contributed by atoms with van der Waals surface area (Å²) in [6.07, 6.45) is 6.82. The largest absolute Gasteiger partial charge is 0.493 e. The van der Waals surface area contributed by atoms with Gasteiger partial charge in [0.2, 0.25) is 5.91 Å². The summed E-state index contributed by atoms with van der Waals surface area (Å²) in [4.78, 5) is 20.5. The van der Waals surface area contributed by atoms with Crippen molar-refractivity contribution in [2.24, 2.45) is 5.92 Å². The van der Waals surface area contributed by atoms with Crippen molar-refractivity contribution in [3.8, 4) is 11.5 Å². The Kier molecular flexibility index (Phi) is 5.40. The average Bonchev–Trinajstić information content (AvgIpc) is 3.26. The fourth-order valence-corrected chi connectivity index (χ4v) is 5.86. The van der Waals surface area contributed by atoms with Crippen LogP contribution in [-0.2, 0) is 17.8 Å². The molecule has 2 heterocycles. The number of allylic oxidation sites excluding steroid dienone is 2. The molecule has 1 amide bonds. The number of thiazole rings is 1. The van der Waals surface area contributed by atoms with E-state index in [9.17, 15) is 4.79 Å². The Morgan fingerprint density at radius 3 is 2.58 bits per heavy atom.